The largest absolute Gasteiger partial charge is 0.465 e. The van der Waals surface area contributed by atoms with E-state index in [1.807, 2.05) is 0 Å². The van der Waals surface area contributed by atoms with Crippen molar-refractivity contribution in [3.05, 3.63) is 46.8 Å². The van der Waals surface area contributed by atoms with Gasteiger partial charge in [-0.25, -0.2) is 4.39 Å². The number of benzene rings is 1. The van der Waals surface area contributed by atoms with E-state index in [0.29, 0.717) is 11.3 Å². The third-order valence-corrected chi connectivity index (χ3v) is 4.31. The van der Waals surface area contributed by atoms with Gasteiger partial charge < -0.3 is 19.1 Å². The number of hydrogen-bond acceptors (Lipinski definition) is 6. The summed E-state index contributed by atoms with van der Waals surface area (Å²) in [7, 11) is 0. The quantitative estimate of drug-likeness (QED) is 0.555. The Bertz CT molecular complexity index is 1000. The Morgan fingerprint density at radius 1 is 1.36 bits per heavy atom. The average molecular weight is 451 g/mol. The van der Waals surface area contributed by atoms with Crippen molar-refractivity contribution in [2.45, 2.75) is 13.5 Å². The molecule has 0 saturated heterocycles. The van der Waals surface area contributed by atoms with Crippen molar-refractivity contribution in [2.75, 3.05) is 13.2 Å². The Hall–Kier alpha value is -3.01. The fourth-order valence-corrected chi connectivity index (χ4v) is 2.80. The van der Waals surface area contributed by atoms with Gasteiger partial charge in [-0.2, -0.15) is 4.98 Å². The summed E-state index contributed by atoms with van der Waals surface area (Å²) >= 11 is 3.12. The number of rotatable bonds is 7. The van der Waals surface area contributed by atoms with E-state index >= 15 is 0 Å². The van der Waals surface area contributed by atoms with E-state index in [0.717, 1.165) is 0 Å². The van der Waals surface area contributed by atoms with Crippen LogP contribution in [0.3, 0.4) is 0 Å². The molecule has 2 heterocycles. The highest BCUT2D eigenvalue weighted by Crippen LogP contribution is 2.26. The lowest BCUT2D eigenvalue weighted by Gasteiger charge is -2.07. The van der Waals surface area contributed by atoms with Gasteiger partial charge in [-0.1, -0.05) is 5.16 Å². The van der Waals surface area contributed by atoms with Gasteiger partial charge in [-0.3, -0.25) is 9.59 Å². The molecule has 0 bridgehead atoms. The zero-order valence-electron chi connectivity index (χ0n) is 14.8. The predicted octanol–water partition coefficient (Wildman–Crippen LogP) is 2.79. The molecule has 0 radical (unpaired) electrons. The Labute approximate surface area is 167 Å². The third-order valence-electron chi connectivity index (χ3n) is 3.70. The van der Waals surface area contributed by atoms with E-state index < -0.39 is 11.8 Å². The number of amides is 1. The summed E-state index contributed by atoms with van der Waals surface area (Å²) < 4.78 is 25.3. The van der Waals surface area contributed by atoms with Gasteiger partial charge in [0.25, 0.3) is 5.89 Å². The molecular weight excluding hydrogens is 435 g/mol. The summed E-state index contributed by atoms with van der Waals surface area (Å²) in [6, 6.07) is 7.83. The predicted molar refractivity (Wildman–Crippen MR) is 100 cm³/mol. The van der Waals surface area contributed by atoms with Gasteiger partial charge in [0.15, 0.2) is 0 Å². The fourth-order valence-electron chi connectivity index (χ4n) is 2.42. The van der Waals surface area contributed by atoms with E-state index in [1.54, 1.807) is 35.9 Å². The summed E-state index contributed by atoms with van der Waals surface area (Å²) in [5, 5.41) is 6.39. The second-order valence-corrected chi connectivity index (χ2v) is 6.51. The first kappa shape index (κ1) is 19.7. The summed E-state index contributed by atoms with van der Waals surface area (Å²) in [5.74, 6) is -0.771. The number of carbonyl (C=O) groups excluding carboxylic acids is 2. The van der Waals surface area contributed by atoms with Crippen LogP contribution in [0.15, 0.2) is 45.5 Å². The molecule has 0 atom stereocenters. The zero-order chi connectivity index (χ0) is 20.1. The Morgan fingerprint density at radius 2 is 2.18 bits per heavy atom. The van der Waals surface area contributed by atoms with Gasteiger partial charge in [0.05, 0.1) is 11.1 Å². The highest BCUT2D eigenvalue weighted by atomic mass is 79.9. The number of hydrogen-bond donors (Lipinski definition) is 1. The molecule has 8 nitrogen and oxygen atoms in total. The zero-order valence-corrected chi connectivity index (χ0v) is 16.4. The lowest BCUT2D eigenvalue weighted by molar-refractivity contribution is -0.143. The maximum Gasteiger partial charge on any atom is 0.325 e. The lowest BCUT2D eigenvalue weighted by atomic mass is 10.2. The van der Waals surface area contributed by atoms with Gasteiger partial charge in [0, 0.05) is 11.8 Å². The molecule has 1 amide bonds. The van der Waals surface area contributed by atoms with Crippen LogP contribution in [0.25, 0.3) is 23.0 Å². The van der Waals surface area contributed by atoms with Crippen LogP contribution in [0.2, 0.25) is 0 Å². The molecule has 0 unspecified atom stereocenters. The first-order chi connectivity index (χ1) is 13.5. The smallest absolute Gasteiger partial charge is 0.325 e. The molecular formula is C18H16BrFN4O4. The topological polar surface area (TPSA) is 99.2 Å². The standard InChI is InChI=1S/C18H16BrFN4O4/c1-2-27-16(26)9-21-15(25)10-24-7-3-4-14(24)18-22-17(23-28-18)11-5-6-13(20)12(19)8-11/h3-8H,2,9-10H2,1H3,(H,21,25). The van der Waals surface area contributed by atoms with Gasteiger partial charge in [0.2, 0.25) is 11.7 Å². The fraction of sp³-hybridized carbons (Fsp3) is 0.222. The van der Waals surface area contributed by atoms with Gasteiger partial charge in [-0.15, -0.1) is 0 Å². The van der Waals surface area contributed by atoms with Crippen LogP contribution in [0.1, 0.15) is 6.92 Å². The third kappa shape index (κ3) is 4.63. The molecule has 1 N–H and O–H groups in total. The number of nitrogens with zero attached hydrogens (tertiary/aromatic N) is 3. The molecule has 28 heavy (non-hydrogen) atoms. The van der Waals surface area contributed by atoms with Crippen LogP contribution in [-0.2, 0) is 20.9 Å². The molecule has 2 aromatic heterocycles. The highest BCUT2D eigenvalue weighted by Gasteiger charge is 2.16. The van der Waals surface area contributed by atoms with Crippen molar-refractivity contribution in [3.63, 3.8) is 0 Å². The Balaban J connectivity index is 1.71. The molecule has 3 rings (SSSR count). The van der Waals surface area contributed by atoms with Gasteiger partial charge in [0.1, 0.15) is 24.6 Å². The first-order valence-electron chi connectivity index (χ1n) is 8.35. The van der Waals surface area contributed by atoms with E-state index in [9.17, 15) is 14.0 Å². The lowest BCUT2D eigenvalue weighted by Crippen LogP contribution is -2.33. The normalized spacial score (nSPS) is 10.7. The molecule has 10 heteroatoms. The maximum atomic E-state index is 13.4. The molecule has 146 valence electrons. The van der Waals surface area contributed by atoms with Crippen molar-refractivity contribution in [3.8, 4) is 23.0 Å². The van der Waals surface area contributed by atoms with Gasteiger partial charge in [-0.05, 0) is 53.2 Å². The van der Waals surface area contributed by atoms with E-state index in [2.05, 4.69) is 31.4 Å². The van der Waals surface area contributed by atoms with E-state index in [4.69, 9.17) is 9.26 Å². The van der Waals surface area contributed by atoms with E-state index in [1.165, 1.54) is 12.1 Å². The minimum Gasteiger partial charge on any atom is -0.465 e. The van der Waals surface area contributed by atoms with E-state index in [-0.39, 0.29) is 41.8 Å². The van der Waals surface area contributed by atoms with Crippen LogP contribution >= 0.6 is 15.9 Å². The first-order valence-corrected chi connectivity index (χ1v) is 9.14. The summed E-state index contributed by atoms with van der Waals surface area (Å²) in [5.41, 5.74) is 1.11. The monoisotopic (exact) mass is 450 g/mol. The Kier molecular flexibility index (Phi) is 6.19. The molecule has 0 aliphatic heterocycles. The number of esters is 1. The van der Waals surface area contributed by atoms with Crippen LogP contribution in [0.5, 0.6) is 0 Å². The van der Waals surface area contributed by atoms with Crippen LogP contribution in [-0.4, -0.2) is 39.7 Å². The summed E-state index contributed by atoms with van der Waals surface area (Å²) in [6.45, 7) is 1.70. The maximum absolute atomic E-state index is 13.4. The molecule has 0 aliphatic rings. The molecule has 0 spiro atoms. The van der Waals surface area contributed by atoms with Crippen molar-refractivity contribution in [1.82, 2.24) is 20.0 Å². The molecule has 1 aromatic carbocycles. The number of ether oxygens (including phenoxy) is 1. The van der Waals surface area contributed by atoms with Crippen LogP contribution in [0, 0.1) is 5.82 Å². The second kappa shape index (κ2) is 8.79. The number of nitrogens with one attached hydrogen (secondary N) is 1. The minimum atomic E-state index is -0.504. The Morgan fingerprint density at radius 3 is 2.93 bits per heavy atom. The SMILES string of the molecule is CCOC(=O)CNC(=O)Cn1cccc1-c1nc(-c2ccc(F)c(Br)c2)no1. The molecule has 0 saturated carbocycles. The summed E-state index contributed by atoms with van der Waals surface area (Å²) in [4.78, 5) is 27.7. The second-order valence-electron chi connectivity index (χ2n) is 5.66. The number of aromatic nitrogens is 3. The van der Waals surface area contributed by atoms with Crippen molar-refractivity contribution < 1.29 is 23.2 Å². The molecule has 0 fully saturated rings. The number of carbonyl (C=O) groups is 2. The number of halogens is 2. The van der Waals surface area contributed by atoms with Crippen molar-refractivity contribution in [1.29, 1.82) is 0 Å². The summed E-state index contributed by atoms with van der Waals surface area (Å²) in [6.07, 6.45) is 1.68. The highest BCUT2D eigenvalue weighted by molar-refractivity contribution is 9.10. The molecule has 0 aliphatic carbocycles. The van der Waals surface area contributed by atoms with Gasteiger partial charge >= 0.3 is 5.97 Å². The average Bonchev–Trinajstić information content (AvgIpc) is 3.32. The van der Waals surface area contributed by atoms with Crippen LogP contribution < -0.4 is 5.32 Å². The van der Waals surface area contributed by atoms with Crippen molar-refractivity contribution >= 4 is 27.8 Å². The molecule has 3 aromatic rings. The van der Waals surface area contributed by atoms with Crippen LogP contribution in [0.4, 0.5) is 4.39 Å². The van der Waals surface area contributed by atoms with Crippen molar-refractivity contribution in [2.24, 2.45) is 0 Å². The minimum absolute atomic E-state index is 0.0401.